The second-order valence-electron chi connectivity index (χ2n) is 5.59. The van der Waals surface area contributed by atoms with Gasteiger partial charge in [-0.15, -0.1) is 0 Å². The van der Waals surface area contributed by atoms with E-state index in [2.05, 4.69) is 6.92 Å². The molecule has 4 nitrogen and oxygen atoms in total. The maximum atomic E-state index is 10.7. The SMILES string of the molecule is Cc1ccc(OCCOc2ccc(Cl)cc2CCC(=O)O)cc1C. The molecule has 24 heavy (non-hydrogen) atoms. The van der Waals surface area contributed by atoms with Crippen LogP contribution in [0.25, 0.3) is 0 Å². The van der Waals surface area contributed by atoms with E-state index in [1.54, 1.807) is 18.2 Å². The quantitative estimate of drug-likeness (QED) is 0.717. The number of carboxylic acid groups (broad SMARTS) is 1. The van der Waals surface area contributed by atoms with Crippen LogP contribution in [0.3, 0.4) is 0 Å². The predicted molar refractivity (Wildman–Crippen MR) is 94.3 cm³/mol. The molecule has 0 aliphatic heterocycles. The van der Waals surface area contributed by atoms with Gasteiger partial charge in [-0.3, -0.25) is 4.79 Å². The second-order valence-corrected chi connectivity index (χ2v) is 6.03. The predicted octanol–water partition coefficient (Wildman–Crippen LogP) is 4.43. The largest absolute Gasteiger partial charge is 0.490 e. The van der Waals surface area contributed by atoms with Crippen LogP contribution in [-0.2, 0) is 11.2 Å². The van der Waals surface area contributed by atoms with Gasteiger partial charge in [0, 0.05) is 11.4 Å². The average molecular weight is 349 g/mol. The van der Waals surface area contributed by atoms with Gasteiger partial charge < -0.3 is 14.6 Å². The Kier molecular flexibility index (Phi) is 6.50. The molecular formula is C19H21ClO4. The molecule has 0 unspecified atom stereocenters. The van der Waals surface area contributed by atoms with Crippen molar-refractivity contribution in [3.63, 3.8) is 0 Å². The van der Waals surface area contributed by atoms with Crippen LogP contribution in [0, 0.1) is 13.8 Å². The Bertz CT molecular complexity index is 713. The van der Waals surface area contributed by atoms with E-state index in [9.17, 15) is 4.79 Å². The van der Waals surface area contributed by atoms with Crippen LogP contribution in [-0.4, -0.2) is 24.3 Å². The summed E-state index contributed by atoms with van der Waals surface area (Å²) in [6, 6.07) is 11.2. The van der Waals surface area contributed by atoms with Crippen molar-refractivity contribution in [3.8, 4) is 11.5 Å². The van der Waals surface area contributed by atoms with E-state index >= 15 is 0 Å². The lowest BCUT2D eigenvalue weighted by Crippen LogP contribution is -2.10. The summed E-state index contributed by atoms with van der Waals surface area (Å²) >= 11 is 5.97. The maximum Gasteiger partial charge on any atom is 0.303 e. The maximum absolute atomic E-state index is 10.7. The molecule has 0 fully saturated rings. The Hall–Kier alpha value is -2.20. The van der Waals surface area contributed by atoms with Gasteiger partial charge >= 0.3 is 5.97 Å². The average Bonchev–Trinajstić information content (AvgIpc) is 2.54. The van der Waals surface area contributed by atoms with Crippen LogP contribution >= 0.6 is 11.6 Å². The first-order valence-electron chi connectivity index (χ1n) is 7.79. The van der Waals surface area contributed by atoms with Gasteiger partial charge in [0.2, 0.25) is 0 Å². The van der Waals surface area contributed by atoms with Crippen molar-refractivity contribution in [2.24, 2.45) is 0 Å². The van der Waals surface area contributed by atoms with Crippen LogP contribution in [0.2, 0.25) is 5.02 Å². The normalized spacial score (nSPS) is 10.5. The highest BCUT2D eigenvalue weighted by atomic mass is 35.5. The first kappa shape index (κ1) is 18.1. The molecule has 0 aromatic heterocycles. The van der Waals surface area contributed by atoms with Crippen LogP contribution in [0.5, 0.6) is 11.5 Å². The molecule has 2 aromatic carbocycles. The summed E-state index contributed by atoms with van der Waals surface area (Å²) in [5.41, 5.74) is 3.20. The summed E-state index contributed by atoms with van der Waals surface area (Å²) in [7, 11) is 0. The monoisotopic (exact) mass is 348 g/mol. The van der Waals surface area contributed by atoms with E-state index in [0.717, 1.165) is 11.3 Å². The first-order valence-corrected chi connectivity index (χ1v) is 8.16. The van der Waals surface area contributed by atoms with Gasteiger partial charge in [-0.2, -0.15) is 0 Å². The number of carbonyl (C=O) groups is 1. The molecule has 2 rings (SSSR count). The number of hydrogen-bond acceptors (Lipinski definition) is 3. The summed E-state index contributed by atoms with van der Waals surface area (Å²) in [4.78, 5) is 10.7. The minimum Gasteiger partial charge on any atom is -0.490 e. The van der Waals surface area contributed by atoms with Crippen molar-refractivity contribution in [2.75, 3.05) is 13.2 Å². The highest BCUT2D eigenvalue weighted by Crippen LogP contribution is 2.24. The van der Waals surface area contributed by atoms with Crippen molar-refractivity contribution in [3.05, 3.63) is 58.1 Å². The van der Waals surface area contributed by atoms with E-state index in [1.807, 2.05) is 25.1 Å². The van der Waals surface area contributed by atoms with Gasteiger partial charge in [0.05, 0.1) is 0 Å². The lowest BCUT2D eigenvalue weighted by Gasteiger charge is -2.13. The zero-order valence-electron chi connectivity index (χ0n) is 13.8. The van der Waals surface area contributed by atoms with E-state index in [4.69, 9.17) is 26.2 Å². The minimum absolute atomic E-state index is 0.0375. The van der Waals surface area contributed by atoms with Crippen molar-refractivity contribution in [1.82, 2.24) is 0 Å². The number of ether oxygens (including phenoxy) is 2. The Labute approximate surface area is 147 Å². The van der Waals surface area contributed by atoms with Gasteiger partial charge in [0.1, 0.15) is 24.7 Å². The fourth-order valence-corrected chi connectivity index (χ4v) is 2.44. The highest BCUT2D eigenvalue weighted by Gasteiger charge is 2.08. The number of benzene rings is 2. The summed E-state index contributed by atoms with van der Waals surface area (Å²) in [6.45, 7) is 4.88. The van der Waals surface area contributed by atoms with Crippen molar-refractivity contribution >= 4 is 17.6 Å². The number of hydrogen-bond donors (Lipinski definition) is 1. The third kappa shape index (κ3) is 5.46. The van der Waals surface area contributed by atoms with E-state index < -0.39 is 5.97 Å². The lowest BCUT2D eigenvalue weighted by atomic mass is 10.1. The van der Waals surface area contributed by atoms with Crippen molar-refractivity contribution in [1.29, 1.82) is 0 Å². The van der Waals surface area contributed by atoms with Gasteiger partial charge in [0.25, 0.3) is 0 Å². The Morgan fingerprint density at radius 3 is 2.50 bits per heavy atom. The van der Waals surface area contributed by atoms with Crippen molar-refractivity contribution in [2.45, 2.75) is 26.7 Å². The number of halogens is 1. The van der Waals surface area contributed by atoms with Gasteiger partial charge in [-0.1, -0.05) is 17.7 Å². The molecule has 0 aliphatic rings. The Balaban J connectivity index is 1.89. The molecule has 0 aliphatic carbocycles. The van der Waals surface area contributed by atoms with Crippen molar-refractivity contribution < 1.29 is 19.4 Å². The molecule has 0 radical (unpaired) electrons. The molecule has 1 N–H and O–H groups in total. The molecule has 128 valence electrons. The zero-order chi connectivity index (χ0) is 17.5. The third-order valence-corrected chi connectivity index (χ3v) is 3.95. The van der Waals surface area contributed by atoms with E-state index in [0.29, 0.717) is 30.4 Å². The Morgan fingerprint density at radius 2 is 1.79 bits per heavy atom. The molecule has 0 amide bonds. The minimum atomic E-state index is -0.848. The number of rotatable bonds is 8. The number of carboxylic acids is 1. The first-order chi connectivity index (χ1) is 11.5. The van der Waals surface area contributed by atoms with Gasteiger partial charge in [0.15, 0.2) is 0 Å². The van der Waals surface area contributed by atoms with Gasteiger partial charge in [-0.25, -0.2) is 0 Å². The van der Waals surface area contributed by atoms with Crippen LogP contribution < -0.4 is 9.47 Å². The summed E-state index contributed by atoms with van der Waals surface area (Å²) < 4.78 is 11.4. The van der Waals surface area contributed by atoms with Crippen LogP contribution in [0.1, 0.15) is 23.1 Å². The molecule has 0 spiro atoms. The van der Waals surface area contributed by atoms with Crippen LogP contribution in [0.15, 0.2) is 36.4 Å². The molecule has 0 atom stereocenters. The standard InChI is InChI=1S/C19H21ClO4/c1-13-3-6-17(11-14(13)2)23-9-10-24-18-7-5-16(20)12-15(18)4-8-19(21)22/h3,5-7,11-12H,4,8-10H2,1-2H3,(H,21,22). The molecule has 0 saturated carbocycles. The van der Waals surface area contributed by atoms with Gasteiger partial charge in [-0.05, 0) is 67.3 Å². The third-order valence-electron chi connectivity index (χ3n) is 3.72. The second kappa shape index (κ2) is 8.60. The molecule has 0 heterocycles. The zero-order valence-corrected chi connectivity index (χ0v) is 14.6. The number of aliphatic carboxylic acids is 1. The molecule has 0 bridgehead atoms. The fourth-order valence-electron chi connectivity index (χ4n) is 2.24. The topological polar surface area (TPSA) is 55.8 Å². The summed E-state index contributed by atoms with van der Waals surface area (Å²) in [5, 5.41) is 9.39. The lowest BCUT2D eigenvalue weighted by molar-refractivity contribution is -0.136. The summed E-state index contributed by atoms with van der Waals surface area (Å²) in [6.07, 6.45) is 0.416. The van der Waals surface area contributed by atoms with E-state index in [1.165, 1.54) is 11.1 Å². The smallest absolute Gasteiger partial charge is 0.303 e. The van der Waals surface area contributed by atoms with E-state index in [-0.39, 0.29) is 6.42 Å². The highest BCUT2D eigenvalue weighted by molar-refractivity contribution is 6.30. The number of aryl methyl sites for hydroxylation is 3. The summed E-state index contributed by atoms with van der Waals surface area (Å²) in [5.74, 6) is 0.604. The molecule has 0 saturated heterocycles. The molecular weight excluding hydrogens is 328 g/mol. The molecule has 2 aromatic rings. The van der Waals surface area contributed by atoms with Crippen LogP contribution in [0.4, 0.5) is 0 Å². The Morgan fingerprint density at radius 1 is 1.04 bits per heavy atom. The fraction of sp³-hybridized carbons (Fsp3) is 0.316. The molecule has 5 heteroatoms.